The zero-order valence-electron chi connectivity index (χ0n) is 55.9. The van der Waals surface area contributed by atoms with Crippen molar-refractivity contribution in [1.29, 1.82) is 0 Å². The molecule has 1 heterocycles. The Morgan fingerprint density at radius 2 is 1.32 bits per heavy atom. The quantitative estimate of drug-likeness (QED) is 0.0151. The molecule has 0 spiro atoms. The Hall–Kier alpha value is -7.40. The van der Waals surface area contributed by atoms with Gasteiger partial charge in [-0.1, -0.05) is 70.7 Å². The molecule has 0 fully saturated rings. The van der Waals surface area contributed by atoms with E-state index in [1.54, 1.807) is 74.6 Å². The van der Waals surface area contributed by atoms with Gasteiger partial charge >= 0.3 is 36.1 Å². The lowest BCUT2D eigenvalue weighted by molar-refractivity contribution is -0.192. The Labute approximate surface area is 546 Å². The number of ether oxygens (including phenoxy) is 4. The van der Waals surface area contributed by atoms with E-state index in [1.165, 1.54) is 4.90 Å². The standard InChI is InChI=1S/C62H93F2N7O13SSi.C2HF3O2/c1-59(2,3)54(48-31-40(43-33-42(63)21-22-44(43)64)36-70(48)35-39-19-17-16-18-20-39)71(52(75)38-85-37-41(56(78)83-61(7,8)9)32-49(72)45(65)34-50(66)73)28-26-46(69-58(80)81-29-30-86(13,14)15)55(77)67-27-25-51(74)68-47(57(79)84-62(10,11)12)23-24-53(76)82-60(4,5)6;3-2(4,5)1(6)7/h16-22,31,33,36,41,45-47,54H,23-30,32,34-35,37-38,65H2,1-15H3,(H2,66,73)(H,67,77)(H,68,74)(H,69,80);(H,6,7)/t41-,45-,46-,47+,54-;/m0./s1. The molecule has 5 atom stereocenters. The second-order valence-corrected chi connectivity index (χ2v) is 34.1. The number of aromatic nitrogens is 1. The van der Waals surface area contributed by atoms with Crippen LogP contribution in [0.2, 0.25) is 25.7 Å². The number of benzene rings is 2. The summed E-state index contributed by atoms with van der Waals surface area (Å²) in [5.74, 6) is -11.2. The van der Waals surface area contributed by atoms with Gasteiger partial charge in [0.15, 0.2) is 5.78 Å². The number of hydrogen-bond donors (Lipinski definition) is 6. The van der Waals surface area contributed by atoms with Crippen molar-refractivity contribution in [1.82, 2.24) is 25.4 Å². The zero-order valence-corrected chi connectivity index (χ0v) is 57.7. The highest BCUT2D eigenvalue weighted by Crippen LogP contribution is 2.42. The fourth-order valence-corrected chi connectivity index (χ4v) is 10.5. The third-order valence-corrected chi connectivity index (χ3v) is 15.8. The van der Waals surface area contributed by atoms with Crippen LogP contribution in [0, 0.1) is 23.0 Å². The third-order valence-electron chi connectivity index (χ3n) is 13.0. The number of primary amides is 1. The Kier molecular flexibility index (Phi) is 31.4. The van der Waals surface area contributed by atoms with Crippen molar-refractivity contribution in [2.45, 2.75) is 201 Å². The van der Waals surface area contributed by atoms with Gasteiger partial charge in [0.2, 0.25) is 23.6 Å². The summed E-state index contributed by atoms with van der Waals surface area (Å²) in [5, 5.41) is 15.1. The average molecular weight is 1360 g/mol. The number of nitrogens with zero attached hydrogens (tertiary/aromatic N) is 2. The van der Waals surface area contributed by atoms with Crippen LogP contribution in [-0.2, 0) is 68.6 Å². The summed E-state index contributed by atoms with van der Waals surface area (Å²) in [6.07, 6.45) is -6.21. The van der Waals surface area contributed by atoms with Crippen molar-refractivity contribution in [2.75, 3.05) is 31.2 Å². The number of aliphatic carboxylic acids is 1. The molecule has 0 bridgehead atoms. The average Bonchev–Trinajstić information content (AvgIpc) is 1.68. The fraction of sp³-hybridized carbons (Fsp3) is 0.594. The highest BCUT2D eigenvalue weighted by Gasteiger charge is 2.40. The van der Waals surface area contributed by atoms with Crippen molar-refractivity contribution in [3.63, 3.8) is 0 Å². The topological polar surface area (TPSA) is 324 Å². The SMILES string of the molecule is CC(C)(C)OC(=O)CC[C@@H](NC(=O)CCNC(=O)[C@H](CCN(C(=O)CSC[C@H](CC(=O)[C@@H](N)CC(N)=O)C(=O)OC(C)(C)C)[C@@H](c1cc(-c2cc(F)ccc2F)cn1Cc1ccccc1)C(C)(C)C)NC(=O)OCC[Si](C)(C)C)C(=O)OC(C)(C)C.O=C(O)C(F)(F)F. The zero-order chi connectivity index (χ0) is 71.2. The number of Topliss-reactive ketones (excluding diaryl/α,β-unsaturated/α-hetero) is 1. The van der Waals surface area contributed by atoms with Crippen LogP contribution in [-0.4, -0.2) is 154 Å². The Morgan fingerprint density at radius 1 is 0.742 bits per heavy atom. The van der Waals surface area contributed by atoms with Crippen molar-refractivity contribution >= 4 is 79.2 Å². The normalized spacial score (nSPS) is 13.7. The molecule has 0 saturated carbocycles. The van der Waals surface area contributed by atoms with Gasteiger partial charge in [0.1, 0.15) is 40.5 Å². The van der Waals surface area contributed by atoms with Crippen LogP contribution in [0.1, 0.15) is 139 Å². The largest absolute Gasteiger partial charge is 0.490 e. The van der Waals surface area contributed by atoms with Crippen molar-refractivity contribution in [3.8, 4) is 11.1 Å². The number of carboxylic acid groups (broad SMARTS) is 1. The molecule has 3 rings (SSSR count). The van der Waals surface area contributed by atoms with Gasteiger partial charge < -0.3 is 60.9 Å². The van der Waals surface area contributed by atoms with E-state index in [0.717, 1.165) is 35.5 Å². The Balaban J connectivity index is 0.00000396. The lowest BCUT2D eigenvalue weighted by Crippen LogP contribution is -2.51. The number of rotatable bonds is 31. The molecule has 0 aliphatic carbocycles. The number of nitrogens with one attached hydrogen (secondary N) is 3. The fourth-order valence-electron chi connectivity index (χ4n) is 8.84. The van der Waals surface area contributed by atoms with Gasteiger partial charge in [-0.3, -0.25) is 33.6 Å². The highest BCUT2D eigenvalue weighted by molar-refractivity contribution is 7.99. The van der Waals surface area contributed by atoms with E-state index in [4.69, 9.17) is 40.3 Å². The predicted octanol–water partition coefficient (Wildman–Crippen LogP) is 9.16. The van der Waals surface area contributed by atoms with Crippen LogP contribution in [0.3, 0.4) is 0 Å². The summed E-state index contributed by atoms with van der Waals surface area (Å²) in [4.78, 5) is 132. The number of carboxylic acids is 1. The van der Waals surface area contributed by atoms with E-state index in [1.807, 2.05) is 55.7 Å². The van der Waals surface area contributed by atoms with Crippen LogP contribution < -0.4 is 27.4 Å². The smallest absolute Gasteiger partial charge is 0.475 e. The molecular weight excluding hydrogens is 1260 g/mol. The summed E-state index contributed by atoms with van der Waals surface area (Å²) in [5.41, 5.74) is 9.32. The predicted molar refractivity (Wildman–Crippen MR) is 343 cm³/mol. The molecule has 2 aromatic carbocycles. The summed E-state index contributed by atoms with van der Waals surface area (Å²) in [6.45, 7) is 26.6. The highest BCUT2D eigenvalue weighted by atomic mass is 32.2. The first-order valence-corrected chi connectivity index (χ1v) is 35.0. The van der Waals surface area contributed by atoms with Crippen LogP contribution in [0.4, 0.5) is 26.7 Å². The minimum absolute atomic E-state index is 0.0409. The molecule has 22 nitrogen and oxygen atoms in total. The minimum atomic E-state index is -5.08. The molecular formula is C64H94F5N7O15SSi. The Bertz CT molecular complexity index is 3040. The molecule has 0 aliphatic rings. The van der Waals surface area contributed by atoms with E-state index < -0.39 is 150 Å². The van der Waals surface area contributed by atoms with Gasteiger partial charge in [-0.2, -0.15) is 24.9 Å². The van der Waals surface area contributed by atoms with Gasteiger partial charge in [-0.25, -0.2) is 23.2 Å². The molecule has 0 unspecified atom stereocenters. The van der Waals surface area contributed by atoms with Crippen molar-refractivity contribution in [3.05, 3.63) is 83.7 Å². The number of alkyl halides is 3. The van der Waals surface area contributed by atoms with Crippen molar-refractivity contribution in [2.24, 2.45) is 22.8 Å². The lowest BCUT2D eigenvalue weighted by atomic mass is 9.82. The van der Waals surface area contributed by atoms with Gasteiger partial charge in [-0.15, -0.1) is 0 Å². The Morgan fingerprint density at radius 3 is 1.86 bits per heavy atom. The third kappa shape index (κ3) is 32.3. The number of ketones is 1. The molecule has 520 valence electrons. The number of carbonyl (C=O) groups excluding carboxylic acids is 9. The van der Waals surface area contributed by atoms with Gasteiger partial charge in [0, 0.05) is 82.2 Å². The van der Waals surface area contributed by atoms with Crippen molar-refractivity contribution < 1.29 is 94.0 Å². The van der Waals surface area contributed by atoms with E-state index in [9.17, 15) is 55.9 Å². The molecule has 1 aromatic heterocycles. The van der Waals surface area contributed by atoms with Crippen LogP contribution in [0.15, 0.2) is 60.8 Å². The first-order valence-electron chi connectivity index (χ1n) is 30.2. The molecule has 0 radical (unpaired) electrons. The number of nitrogens with two attached hydrogens (primary N) is 2. The van der Waals surface area contributed by atoms with Gasteiger partial charge in [0.05, 0.1) is 30.4 Å². The number of hydrogen-bond acceptors (Lipinski definition) is 16. The monoisotopic (exact) mass is 1360 g/mol. The summed E-state index contributed by atoms with van der Waals surface area (Å²) in [7, 11) is -1.71. The molecule has 8 N–H and O–H groups in total. The maximum absolute atomic E-state index is 15.7. The minimum Gasteiger partial charge on any atom is -0.475 e. The maximum Gasteiger partial charge on any atom is 0.490 e. The molecule has 3 aromatic rings. The summed E-state index contributed by atoms with van der Waals surface area (Å²) in [6, 6.07) is 9.82. The maximum atomic E-state index is 15.7. The number of halogens is 5. The lowest BCUT2D eigenvalue weighted by Gasteiger charge is -2.41. The van der Waals surface area contributed by atoms with E-state index >= 15 is 9.18 Å². The number of amides is 5. The summed E-state index contributed by atoms with van der Waals surface area (Å²) < 4.78 is 86.4. The van der Waals surface area contributed by atoms with Crippen LogP contribution >= 0.6 is 11.8 Å². The van der Waals surface area contributed by atoms with Gasteiger partial charge in [0.25, 0.3) is 0 Å². The van der Waals surface area contributed by atoms with E-state index in [2.05, 4.69) is 35.6 Å². The number of alkyl carbamates (subject to hydrolysis) is 1. The first-order chi connectivity index (χ1) is 42.5. The van der Waals surface area contributed by atoms with Crippen LogP contribution in [0.5, 0.6) is 0 Å². The molecule has 0 saturated heterocycles. The molecule has 0 aliphatic heterocycles. The van der Waals surface area contributed by atoms with Crippen LogP contribution in [0.25, 0.3) is 11.1 Å². The summed E-state index contributed by atoms with van der Waals surface area (Å²) >= 11 is 1.02. The number of esters is 3. The van der Waals surface area contributed by atoms with Gasteiger partial charge in [-0.05, 0) is 116 Å². The second kappa shape index (κ2) is 35.7. The molecule has 93 heavy (non-hydrogen) atoms. The first kappa shape index (κ1) is 81.7. The molecule has 29 heteroatoms. The number of carbonyl (C=O) groups is 10. The second-order valence-electron chi connectivity index (χ2n) is 27.5. The molecule has 5 amide bonds. The number of thioether (sulfide) groups is 1. The van der Waals surface area contributed by atoms with E-state index in [0.29, 0.717) is 17.3 Å². The van der Waals surface area contributed by atoms with E-state index in [-0.39, 0.29) is 69.0 Å².